The SMILES string of the molecule is CO[C@@H](C)COc1nc2[nH]cc(F)c2cc1Oc1cc(N2CCC3(CC2)CN(C2CCC[C@H]2c2ccccc2C(C)C)C3)ccc1C(=O)NS(=O)(=O)c1cc2c(c([N+](=O)[O-])c1)N[C@@H]([C@H]1CC[C@](C)(O)CC1)CO2. The number of nitrogens with one attached hydrogen (secondary N) is 3. The van der Waals surface area contributed by atoms with Gasteiger partial charge in [-0.25, -0.2) is 17.5 Å². The number of nitro benzene ring substituents is 1. The van der Waals surface area contributed by atoms with Crippen molar-refractivity contribution in [1.29, 1.82) is 0 Å². The van der Waals surface area contributed by atoms with E-state index in [0.29, 0.717) is 43.6 Å². The first kappa shape index (κ1) is 50.5. The third-order valence-corrected chi connectivity index (χ3v) is 17.6. The number of nitro groups is 1. The molecule has 4 N–H and O–H groups in total. The summed E-state index contributed by atoms with van der Waals surface area (Å²) in [7, 11) is -3.25. The number of fused-ring (bicyclic) bond motifs is 2. The zero-order valence-electron chi connectivity index (χ0n) is 42.1. The standard InChI is InChI=1S/C54H66FN7O10S/c1-32(2)37-9-6-7-10-38(37)39-11-8-12-44(39)61-30-54(31-61)19-21-60(22-20-54)35-13-14-40(46(23-35)72-48-26-41-42(55)27-56-50(41)58-52(48)71-28-33(3)69-5)51(63)59-73(67,68)36-24-45(62(65)66)49-47(25-36)70-29-43(57-49)34-15-17-53(4,64)18-16-34/h6-7,9-10,13-14,23-27,32-34,39,43-44,57,64H,8,11-12,15-22,28-31H2,1-5H3,(H,56,58)(H,59,63)/t33-,34-,39-,43+,44?,53-/m0/s1. The molecule has 0 bridgehead atoms. The minimum absolute atomic E-state index is 0.0261. The highest BCUT2D eigenvalue weighted by molar-refractivity contribution is 7.90. The summed E-state index contributed by atoms with van der Waals surface area (Å²) < 4.78 is 69.4. The maximum absolute atomic E-state index is 15.1. The summed E-state index contributed by atoms with van der Waals surface area (Å²) in [5, 5.41) is 26.3. The Balaban J connectivity index is 0.904. The van der Waals surface area contributed by atoms with E-state index in [1.54, 1.807) is 26.0 Å². The van der Waals surface area contributed by atoms with Crippen LogP contribution in [0, 0.1) is 27.3 Å². The predicted molar refractivity (Wildman–Crippen MR) is 274 cm³/mol. The number of hydrogen-bond acceptors (Lipinski definition) is 14. The number of sulfonamides is 1. The molecule has 4 atom stereocenters. The minimum atomic E-state index is -4.78. The van der Waals surface area contributed by atoms with Crippen molar-refractivity contribution >= 4 is 44.0 Å². The number of piperidine rings is 1. The van der Waals surface area contributed by atoms with Gasteiger partial charge in [0.15, 0.2) is 17.2 Å². The number of aromatic amines is 1. The second kappa shape index (κ2) is 20.0. The number of rotatable bonds is 15. The zero-order valence-corrected chi connectivity index (χ0v) is 42.9. The van der Waals surface area contributed by atoms with Crippen LogP contribution < -0.4 is 29.1 Å². The van der Waals surface area contributed by atoms with Gasteiger partial charge in [0.05, 0.1) is 38.5 Å². The summed E-state index contributed by atoms with van der Waals surface area (Å²) in [6, 6.07) is 17.5. The Kier molecular flexibility index (Phi) is 13.8. The number of methoxy groups -OCH3 is 1. The van der Waals surface area contributed by atoms with E-state index in [1.807, 2.05) is 0 Å². The Morgan fingerprint density at radius 2 is 1.78 bits per heavy atom. The van der Waals surface area contributed by atoms with Crippen LogP contribution in [0.1, 0.15) is 119 Å². The maximum Gasteiger partial charge on any atom is 0.297 e. The van der Waals surface area contributed by atoms with Crippen molar-refractivity contribution in [2.24, 2.45) is 11.3 Å². The largest absolute Gasteiger partial charge is 0.489 e. The zero-order chi connectivity index (χ0) is 51.4. The fourth-order valence-electron chi connectivity index (χ4n) is 11.9. The molecular weight excluding hydrogens is 958 g/mol. The number of benzene rings is 3. The molecule has 2 aliphatic carbocycles. The molecule has 2 saturated carbocycles. The molecule has 1 amide bonds. The summed E-state index contributed by atoms with van der Waals surface area (Å²) >= 11 is 0. The first-order valence-electron chi connectivity index (χ1n) is 25.6. The third kappa shape index (κ3) is 10.3. The summed E-state index contributed by atoms with van der Waals surface area (Å²) in [5.41, 5.74) is 2.60. The Morgan fingerprint density at radius 1 is 1.03 bits per heavy atom. The molecule has 3 aromatic carbocycles. The Bertz CT molecular complexity index is 2990. The summed E-state index contributed by atoms with van der Waals surface area (Å²) in [4.78, 5) is 37.8. The monoisotopic (exact) mass is 1020 g/mol. The van der Waals surface area contributed by atoms with Gasteiger partial charge in [0.2, 0.25) is 0 Å². The van der Waals surface area contributed by atoms with Crippen LogP contribution in [-0.4, -0.2) is 110 Å². The molecule has 1 unspecified atom stereocenters. The van der Waals surface area contributed by atoms with E-state index in [4.69, 9.17) is 18.9 Å². The van der Waals surface area contributed by atoms with Crippen molar-refractivity contribution in [1.82, 2.24) is 19.6 Å². The Hall–Kier alpha value is -6.02. The number of likely N-dealkylation sites (tertiary alicyclic amines) is 1. The molecule has 19 heteroatoms. The lowest BCUT2D eigenvalue weighted by Gasteiger charge is -2.57. The predicted octanol–water partition coefficient (Wildman–Crippen LogP) is 9.41. The number of carbonyl (C=O) groups is 1. The van der Waals surface area contributed by atoms with Crippen molar-refractivity contribution in [3.8, 4) is 23.1 Å². The highest BCUT2D eigenvalue weighted by Gasteiger charge is 2.49. The molecule has 17 nitrogen and oxygen atoms in total. The van der Waals surface area contributed by atoms with E-state index >= 15 is 4.39 Å². The molecule has 5 aliphatic rings. The Morgan fingerprint density at radius 3 is 2.51 bits per heavy atom. The highest BCUT2D eigenvalue weighted by Crippen LogP contribution is 2.50. The van der Waals surface area contributed by atoms with Gasteiger partial charge in [0.25, 0.3) is 27.5 Å². The first-order chi connectivity index (χ1) is 34.9. The third-order valence-electron chi connectivity index (χ3n) is 16.3. The van der Waals surface area contributed by atoms with Gasteiger partial charge < -0.3 is 39.3 Å². The van der Waals surface area contributed by atoms with E-state index in [9.17, 15) is 28.4 Å². The number of amides is 1. The fourth-order valence-corrected chi connectivity index (χ4v) is 12.9. The van der Waals surface area contributed by atoms with E-state index in [2.05, 4.69) is 67.9 Å². The van der Waals surface area contributed by atoms with Crippen LogP contribution in [0.5, 0.6) is 23.1 Å². The number of hydrogen-bond donors (Lipinski definition) is 4. The van der Waals surface area contributed by atoms with Crippen LogP contribution in [0.15, 0.2) is 71.8 Å². The number of pyridine rings is 1. The first-order valence-corrected chi connectivity index (χ1v) is 27.1. The smallest absolute Gasteiger partial charge is 0.297 e. The molecule has 5 heterocycles. The van der Waals surface area contributed by atoms with Crippen LogP contribution in [0.4, 0.5) is 21.5 Å². The lowest BCUT2D eigenvalue weighted by molar-refractivity contribution is -0.384. The molecule has 1 spiro atoms. The highest BCUT2D eigenvalue weighted by atomic mass is 32.2. The molecule has 2 saturated heterocycles. The molecular formula is C54H66FN7O10S. The van der Waals surface area contributed by atoms with Gasteiger partial charge in [-0.3, -0.25) is 19.8 Å². The summed E-state index contributed by atoms with van der Waals surface area (Å²) in [5.74, 6) is -0.777. The molecule has 2 aromatic heterocycles. The molecule has 10 rings (SSSR count). The Labute approximate surface area is 425 Å². The molecule has 390 valence electrons. The van der Waals surface area contributed by atoms with Crippen LogP contribution in [0.3, 0.4) is 0 Å². The number of nitrogens with zero attached hydrogens (tertiary/aromatic N) is 4. The van der Waals surface area contributed by atoms with Gasteiger partial charge in [-0.05, 0) is 112 Å². The number of carbonyl (C=O) groups excluding carboxylic acids is 1. The van der Waals surface area contributed by atoms with Gasteiger partial charge >= 0.3 is 0 Å². The number of aromatic nitrogens is 2. The number of anilines is 2. The lowest BCUT2D eigenvalue weighted by atomic mass is 9.70. The lowest BCUT2D eigenvalue weighted by Crippen LogP contribution is -2.63. The molecule has 0 radical (unpaired) electrons. The van der Waals surface area contributed by atoms with Crippen LogP contribution in [-0.2, 0) is 14.8 Å². The van der Waals surface area contributed by atoms with E-state index in [-0.39, 0.29) is 82.1 Å². The fraction of sp³-hybridized carbons (Fsp3) is 0.519. The number of ether oxygens (including phenoxy) is 4. The van der Waals surface area contributed by atoms with E-state index < -0.39 is 42.9 Å². The van der Waals surface area contributed by atoms with Crippen molar-refractivity contribution in [2.75, 3.05) is 56.7 Å². The second-order valence-corrected chi connectivity index (χ2v) is 23.3. The quantitative estimate of drug-likeness (QED) is 0.0569. The van der Waals surface area contributed by atoms with Gasteiger partial charge in [0, 0.05) is 75.5 Å². The van der Waals surface area contributed by atoms with Crippen molar-refractivity contribution in [3.05, 3.63) is 99.5 Å². The normalized spacial score (nSPS) is 24.4. The number of aliphatic hydroxyl groups is 1. The van der Waals surface area contributed by atoms with Crippen LogP contribution in [0.2, 0.25) is 0 Å². The van der Waals surface area contributed by atoms with Gasteiger partial charge in [0.1, 0.15) is 30.4 Å². The van der Waals surface area contributed by atoms with Gasteiger partial charge in [-0.1, -0.05) is 44.5 Å². The van der Waals surface area contributed by atoms with Gasteiger partial charge in [-0.2, -0.15) is 4.98 Å². The number of halogens is 1. The average Bonchev–Trinajstić information content (AvgIpc) is 4.00. The molecule has 4 fully saturated rings. The van der Waals surface area contributed by atoms with Crippen molar-refractivity contribution < 1.29 is 46.6 Å². The second-order valence-electron chi connectivity index (χ2n) is 21.6. The van der Waals surface area contributed by atoms with E-state index in [0.717, 1.165) is 63.0 Å². The topological polar surface area (TPSA) is 211 Å². The van der Waals surface area contributed by atoms with Crippen molar-refractivity contribution in [3.63, 3.8) is 0 Å². The number of H-pyrrole nitrogens is 1. The summed E-state index contributed by atoms with van der Waals surface area (Å²) in [6.07, 6.45) is 8.87. The van der Waals surface area contributed by atoms with Crippen LogP contribution in [0.25, 0.3) is 11.0 Å². The average molecular weight is 1020 g/mol. The summed E-state index contributed by atoms with van der Waals surface area (Å²) in [6.45, 7) is 11.9. The van der Waals surface area contributed by atoms with Crippen LogP contribution >= 0.6 is 0 Å². The molecule has 73 heavy (non-hydrogen) atoms. The molecule has 3 aliphatic heterocycles. The van der Waals surface area contributed by atoms with Gasteiger partial charge in [-0.15, -0.1) is 0 Å². The minimum Gasteiger partial charge on any atom is -0.489 e. The molecule has 5 aromatic rings. The maximum atomic E-state index is 15.1. The van der Waals surface area contributed by atoms with E-state index in [1.165, 1.54) is 49.6 Å². The van der Waals surface area contributed by atoms with Crippen molar-refractivity contribution in [2.45, 2.75) is 126 Å².